The molecule has 0 saturated carbocycles. The maximum Gasteiger partial charge on any atom is 0.343 e. The highest BCUT2D eigenvalue weighted by molar-refractivity contribution is 7.99. The largest absolute Gasteiger partial charge is 0.467 e. The molecular formula is C15H11ClN4O3S. The van der Waals surface area contributed by atoms with Crippen LogP contribution in [0.4, 0.5) is 11.5 Å². The molecule has 0 aliphatic carbocycles. The number of benzene rings is 1. The summed E-state index contributed by atoms with van der Waals surface area (Å²) in [5.74, 6) is 0.790. The van der Waals surface area contributed by atoms with E-state index in [9.17, 15) is 10.1 Å². The van der Waals surface area contributed by atoms with E-state index in [1.54, 1.807) is 36.4 Å². The molecule has 0 saturated heterocycles. The Morgan fingerprint density at radius 1 is 1.25 bits per heavy atom. The van der Waals surface area contributed by atoms with Crippen molar-refractivity contribution in [2.24, 2.45) is 0 Å². The van der Waals surface area contributed by atoms with E-state index in [0.717, 1.165) is 4.90 Å². The van der Waals surface area contributed by atoms with Crippen molar-refractivity contribution < 1.29 is 9.34 Å². The van der Waals surface area contributed by atoms with Gasteiger partial charge in [0.25, 0.3) is 0 Å². The van der Waals surface area contributed by atoms with Crippen LogP contribution in [-0.4, -0.2) is 14.9 Å². The molecule has 0 spiro atoms. The molecule has 1 aromatic carbocycles. The fourth-order valence-electron chi connectivity index (χ4n) is 1.93. The highest BCUT2D eigenvalue weighted by Crippen LogP contribution is 2.36. The Labute approximate surface area is 146 Å². The van der Waals surface area contributed by atoms with E-state index in [1.165, 1.54) is 24.4 Å². The van der Waals surface area contributed by atoms with Gasteiger partial charge >= 0.3 is 5.69 Å². The summed E-state index contributed by atoms with van der Waals surface area (Å²) in [7, 11) is 0. The van der Waals surface area contributed by atoms with Crippen molar-refractivity contribution in [2.45, 2.75) is 16.5 Å². The highest BCUT2D eigenvalue weighted by Gasteiger charge is 2.23. The average molecular weight is 363 g/mol. The molecule has 7 nitrogen and oxygen atoms in total. The second kappa shape index (κ2) is 7.33. The van der Waals surface area contributed by atoms with Crippen LogP contribution in [0.25, 0.3) is 0 Å². The van der Waals surface area contributed by atoms with Crippen molar-refractivity contribution >= 4 is 34.9 Å². The fourth-order valence-corrected chi connectivity index (χ4v) is 2.92. The Balaban J connectivity index is 1.87. The summed E-state index contributed by atoms with van der Waals surface area (Å²) in [6, 6.07) is 10.5. The summed E-state index contributed by atoms with van der Waals surface area (Å²) in [4.78, 5) is 19.8. The molecule has 0 aliphatic rings. The number of aromatic nitrogens is 2. The zero-order valence-corrected chi connectivity index (χ0v) is 13.8. The monoisotopic (exact) mass is 362 g/mol. The summed E-state index contributed by atoms with van der Waals surface area (Å²) in [6.07, 6.45) is 2.82. The van der Waals surface area contributed by atoms with Gasteiger partial charge in [-0.1, -0.05) is 23.4 Å². The minimum atomic E-state index is -0.497. The molecule has 9 heteroatoms. The first-order valence-electron chi connectivity index (χ1n) is 6.82. The average Bonchev–Trinajstić information content (AvgIpc) is 3.08. The van der Waals surface area contributed by atoms with Crippen molar-refractivity contribution in [3.8, 4) is 0 Å². The predicted octanol–water partition coefficient (Wildman–Crippen LogP) is 4.39. The van der Waals surface area contributed by atoms with Crippen LogP contribution in [0.1, 0.15) is 5.76 Å². The summed E-state index contributed by atoms with van der Waals surface area (Å²) >= 11 is 7.02. The number of anilines is 1. The zero-order chi connectivity index (χ0) is 16.9. The lowest BCUT2D eigenvalue weighted by Crippen LogP contribution is -2.06. The first-order valence-corrected chi connectivity index (χ1v) is 8.02. The maximum absolute atomic E-state index is 11.5. The van der Waals surface area contributed by atoms with E-state index in [1.807, 2.05) is 0 Å². The highest BCUT2D eigenvalue weighted by atomic mass is 35.5. The molecule has 3 aromatic rings. The number of nitro groups is 1. The van der Waals surface area contributed by atoms with E-state index in [2.05, 4.69) is 15.3 Å². The third-order valence-electron chi connectivity index (χ3n) is 3.01. The second-order valence-electron chi connectivity index (χ2n) is 4.62. The summed E-state index contributed by atoms with van der Waals surface area (Å²) in [5, 5.41) is 15.2. The van der Waals surface area contributed by atoms with Gasteiger partial charge in [-0.25, -0.2) is 9.97 Å². The van der Waals surface area contributed by atoms with Gasteiger partial charge in [0.1, 0.15) is 12.1 Å². The molecule has 0 aliphatic heterocycles. The Kier molecular flexibility index (Phi) is 4.97. The van der Waals surface area contributed by atoms with Crippen molar-refractivity contribution in [1.29, 1.82) is 0 Å². The molecule has 122 valence electrons. The third kappa shape index (κ3) is 3.84. The number of hydrogen-bond donors (Lipinski definition) is 1. The van der Waals surface area contributed by atoms with E-state index in [-0.39, 0.29) is 23.1 Å². The molecule has 2 aromatic heterocycles. The molecule has 1 N–H and O–H groups in total. The van der Waals surface area contributed by atoms with Gasteiger partial charge in [0.2, 0.25) is 5.82 Å². The molecule has 24 heavy (non-hydrogen) atoms. The minimum absolute atomic E-state index is 0.142. The molecular weight excluding hydrogens is 352 g/mol. The van der Waals surface area contributed by atoms with E-state index >= 15 is 0 Å². The second-order valence-corrected chi connectivity index (χ2v) is 6.12. The lowest BCUT2D eigenvalue weighted by atomic mass is 10.4. The lowest BCUT2D eigenvalue weighted by Gasteiger charge is -2.07. The normalized spacial score (nSPS) is 10.5. The lowest BCUT2D eigenvalue weighted by molar-refractivity contribution is -0.387. The quantitative estimate of drug-likeness (QED) is 0.394. The van der Waals surface area contributed by atoms with E-state index < -0.39 is 4.92 Å². The van der Waals surface area contributed by atoms with Crippen molar-refractivity contribution in [2.75, 3.05) is 5.32 Å². The van der Waals surface area contributed by atoms with Crippen molar-refractivity contribution in [3.63, 3.8) is 0 Å². The van der Waals surface area contributed by atoms with Crippen LogP contribution in [0.2, 0.25) is 5.02 Å². The van der Waals surface area contributed by atoms with Crippen LogP contribution in [0.3, 0.4) is 0 Å². The van der Waals surface area contributed by atoms with Crippen molar-refractivity contribution in [1.82, 2.24) is 9.97 Å². The van der Waals surface area contributed by atoms with Gasteiger partial charge < -0.3 is 9.73 Å². The van der Waals surface area contributed by atoms with Crippen LogP contribution in [-0.2, 0) is 6.54 Å². The molecule has 0 unspecified atom stereocenters. The minimum Gasteiger partial charge on any atom is -0.467 e. The molecule has 0 amide bonds. The topological polar surface area (TPSA) is 94.1 Å². The van der Waals surface area contributed by atoms with Crippen LogP contribution in [0, 0.1) is 10.1 Å². The van der Waals surface area contributed by atoms with Gasteiger partial charge in [-0.2, -0.15) is 0 Å². The van der Waals surface area contributed by atoms with Crippen molar-refractivity contribution in [3.05, 3.63) is 69.9 Å². The van der Waals surface area contributed by atoms with E-state index in [4.69, 9.17) is 16.0 Å². The number of nitrogens with zero attached hydrogens (tertiary/aromatic N) is 3. The standard InChI is InChI=1S/C15H11ClN4O3S/c16-10-3-5-12(6-4-10)24-15-13(20(21)22)14(18-9-19-15)17-8-11-2-1-7-23-11/h1-7,9H,8H2,(H,17,18,19). The number of furan rings is 1. The first kappa shape index (κ1) is 16.3. The molecule has 0 radical (unpaired) electrons. The smallest absolute Gasteiger partial charge is 0.343 e. The SMILES string of the molecule is O=[N+]([O-])c1c(NCc2ccco2)ncnc1Sc1ccc(Cl)cc1. The van der Waals surface area contributed by atoms with Gasteiger partial charge in [0.05, 0.1) is 17.7 Å². The van der Waals surface area contributed by atoms with Gasteiger partial charge in [-0.15, -0.1) is 0 Å². The predicted molar refractivity (Wildman–Crippen MR) is 90.3 cm³/mol. The van der Waals surface area contributed by atoms with Gasteiger partial charge in [0.15, 0.2) is 5.03 Å². The fraction of sp³-hybridized carbons (Fsp3) is 0.0667. The number of hydrogen-bond acceptors (Lipinski definition) is 7. The van der Waals surface area contributed by atoms with Crippen LogP contribution in [0.15, 0.2) is 63.3 Å². The molecule has 0 bridgehead atoms. The Morgan fingerprint density at radius 3 is 2.71 bits per heavy atom. The molecule has 0 fully saturated rings. The van der Waals surface area contributed by atoms with E-state index in [0.29, 0.717) is 10.8 Å². The Morgan fingerprint density at radius 2 is 2.04 bits per heavy atom. The maximum atomic E-state index is 11.5. The molecule has 3 rings (SSSR count). The third-order valence-corrected chi connectivity index (χ3v) is 4.26. The van der Waals surface area contributed by atoms with Crippen LogP contribution < -0.4 is 5.32 Å². The summed E-state index contributed by atoms with van der Waals surface area (Å²) in [6.45, 7) is 0.288. The number of nitrogens with one attached hydrogen (secondary N) is 1. The number of halogens is 1. The van der Waals surface area contributed by atoms with Gasteiger partial charge in [0, 0.05) is 9.92 Å². The van der Waals surface area contributed by atoms with Crippen LogP contribution in [0.5, 0.6) is 0 Å². The zero-order valence-electron chi connectivity index (χ0n) is 12.2. The first-order chi connectivity index (χ1) is 11.6. The van der Waals surface area contributed by atoms with Gasteiger partial charge in [-0.3, -0.25) is 10.1 Å². The van der Waals surface area contributed by atoms with Gasteiger partial charge in [-0.05, 0) is 36.4 Å². The Hall–Kier alpha value is -2.58. The summed E-state index contributed by atoms with van der Waals surface area (Å²) in [5.41, 5.74) is -0.177. The Bertz CT molecular complexity index is 840. The molecule has 0 atom stereocenters. The molecule has 2 heterocycles. The van der Waals surface area contributed by atoms with Crippen LogP contribution >= 0.6 is 23.4 Å². The number of rotatable bonds is 6. The summed E-state index contributed by atoms with van der Waals surface area (Å²) < 4.78 is 5.20.